The van der Waals surface area contributed by atoms with E-state index in [1.165, 1.54) is 5.56 Å². The van der Waals surface area contributed by atoms with Crippen molar-refractivity contribution in [2.75, 3.05) is 20.1 Å². The van der Waals surface area contributed by atoms with Crippen LogP contribution < -0.4 is 0 Å². The van der Waals surface area contributed by atoms with Gasteiger partial charge in [0, 0.05) is 32.5 Å². The average Bonchev–Trinajstić information content (AvgIpc) is 2.83. The van der Waals surface area contributed by atoms with Crippen molar-refractivity contribution in [3.63, 3.8) is 0 Å². The van der Waals surface area contributed by atoms with Crippen molar-refractivity contribution < 1.29 is 9.90 Å². The Hall–Kier alpha value is -1.39. The van der Waals surface area contributed by atoms with E-state index < -0.39 is 6.23 Å². The zero-order valence-corrected chi connectivity index (χ0v) is 11.5. The molecule has 1 heterocycles. The van der Waals surface area contributed by atoms with Crippen LogP contribution in [0.5, 0.6) is 0 Å². The number of amides is 1. The standard InChI is InChI=1S/C15H22N2O2/c1-16(12-13-6-3-2-4-7-13)11-9-15(19)17-10-5-8-14(17)18/h2-4,6-7,15,19H,5,8-12H2,1H3. The molecule has 19 heavy (non-hydrogen) atoms. The molecule has 1 N–H and O–H groups in total. The first-order chi connectivity index (χ1) is 9.16. The van der Waals surface area contributed by atoms with Crippen LogP contribution >= 0.6 is 0 Å². The molecule has 1 amide bonds. The van der Waals surface area contributed by atoms with Crippen molar-refractivity contribution in [3.8, 4) is 0 Å². The summed E-state index contributed by atoms with van der Waals surface area (Å²) in [5.41, 5.74) is 1.26. The van der Waals surface area contributed by atoms with E-state index in [0.29, 0.717) is 19.4 Å². The molecule has 1 unspecified atom stereocenters. The summed E-state index contributed by atoms with van der Waals surface area (Å²) < 4.78 is 0. The number of aliphatic hydroxyl groups excluding tert-OH is 1. The van der Waals surface area contributed by atoms with Crippen LogP contribution in [-0.2, 0) is 11.3 Å². The van der Waals surface area contributed by atoms with Crippen molar-refractivity contribution in [2.45, 2.75) is 32.0 Å². The van der Waals surface area contributed by atoms with Gasteiger partial charge in [-0.05, 0) is 19.0 Å². The molecule has 0 saturated carbocycles. The van der Waals surface area contributed by atoms with Gasteiger partial charge in [0.15, 0.2) is 0 Å². The second-order valence-corrected chi connectivity index (χ2v) is 5.18. The Morgan fingerprint density at radius 2 is 2.11 bits per heavy atom. The first kappa shape index (κ1) is 14.0. The minimum absolute atomic E-state index is 0.0817. The molecule has 0 aliphatic carbocycles. The fourth-order valence-electron chi connectivity index (χ4n) is 2.45. The van der Waals surface area contributed by atoms with Crippen molar-refractivity contribution in [3.05, 3.63) is 35.9 Å². The Morgan fingerprint density at radius 1 is 1.37 bits per heavy atom. The number of benzene rings is 1. The van der Waals surface area contributed by atoms with Gasteiger partial charge < -0.3 is 14.9 Å². The SMILES string of the molecule is CN(CCC(O)N1CCCC1=O)Cc1ccccc1. The molecular weight excluding hydrogens is 240 g/mol. The zero-order valence-electron chi connectivity index (χ0n) is 11.5. The molecule has 0 spiro atoms. The summed E-state index contributed by atoms with van der Waals surface area (Å²) in [6.07, 6.45) is 1.43. The number of likely N-dealkylation sites (tertiary alicyclic amines) is 1. The maximum Gasteiger partial charge on any atom is 0.224 e. The van der Waals surface area contributed by atoms with Crippen LogP contribution in [0.25, 0.3) is 0 Å². The highest BCUT2D eigenvalue weighted by Crippen LogP contribution is 2.14. The molecule has 4 heteroatoms. The number of hydrogen-bond donors (Lipinski definition) is 1. The van der Waals surface area contributed by atoms with E-state index in [9.17, 15) is 9.90 Å². The Labute approximate surface area is 114 Å². The fraction of sp³-hybridized carbons (Fsp3) is 0.533. The minimum atomic E-state index is -0.631. The third kappa shape index (κ3) is 4.04. The summed E-state index contributed by atoms with van der Waals surface area (Å²) in [6.45, 7) is 2.34. The molecule has 1 aliphatic rings. The Morgan fingerprint density at radius 3 is 2.74 bits per heavy atom. The highest BCUT2D eigenvalue weighted by Gasteiger charge is 2.26. The molecule has 1 aromatic rings. The summed E-state index contributed by atoms with van der Waals surface area (Å²) in [4.78, 5) is 15.3. The topological polar surface area (TPSA) is 43.8 Å². The molecular formula is C15H22N2O2. The molecule has 4 nitrogen and oxygen atoms in total. The van der Waals surface area contributed by atoms with Gasteiger partial charge in [-0.1, -0.05) is 30.3 Å². The van der Waals surface area contributed by atoms with Crippen LogP contribution in [0.2, 0.25) is 0 Å². The lowest BCUT2D eigenvalue weighted by atomic mass is 10.2. The van der Waals surface area contributed by atoms with E-state index in [1.54, 1.807) is 4.90 Å². The van der Waals surface area contributed by atoms with Gasteiger partial charge in [0.25, 0.3) is 0 Å². The zero-order chi connectivity index (χ0) is 13.7. The maximum absolute atomic E-state index is 11.5. The predicted octanol–water partition coefficient (Wildman–Crippen LogP) is 1.45. The first-order valence-corrected chi connectivity index (χ1v) is 6.87. The Kier molecular flexibility index (Phi) is 4.93. The highest BCUT2D eigenvalue weighted by atomic mass is 16.3. The van der Waals surface area contributed by atoms with Crippen molar-refractivity contribution >= 4 is 5.91 Å². The summed E-state index contributed by atoms with van der Waals surface area (Å²) >= 11 is 0. The van der Waals surface area contributed by atoms with Gasteiger partial charge in [-0.15, -0.1) is 0 Å². The molecule has 0 aromatic heterocycles. The first-order valence-electron chi connectivity index (χ1n) is 6.87. The van der Waals surface area contributed by atoms with Crippen LogP contribution in [0.3, 0.4) is 0 Å². The van der Waals surface area contributed by atoms with Gasteiger partial charge in [-0.2, -0.15) is 0 Å². The third-order valence-electron chi connectivity index (χ3n) is 3.53. The number of carbonyl (C=O) groups excluding carboxylic acids is 1. The van der Waals surface area contributed by atoms with E-state index in [1.807, 2.05) is 25.2 Å². The van der Waals surface area contributed by atoms with Gasteiger partial charge in [-0.25, -0.2) is 0 Å². The Bertz CT molecular complexity index is 408. The second kappa shape index (κ2) is 6.68. The number of aliphatic hydroxyl groups is 1. The van der Waals surface area contributed by atoms with Gasteiger partial charge in [0.2, 0.25) is 5.91 Å². The molecule has 1 atom stereocenters. The van der Waals surface area contributed by atoms with Crippen molar-refractivity contribution in [2.24, 2.45) is 0 Å². The predicted molar refractivity (Wildman–Crippen MR) is 74.3 cm³/mol. The van der Waals surface area contributed by atoms with E-state index in [2.05, 4.69) is 17.0 Å². The van der Waals surface area contributed by atoms with Crippen LogP contribution in [-0.4, -0.2) is 47.2 Å². The van der Waals surface area contributed by atoms with Crippen LogP contribution in [0.4, 0.5) is 0 Å². The second-order valence-electron chi connectivity index (χ2n) is 5.18. The quantitative estimate of drug-likeness (QED) is 0.844. The summed E-state index contributed by atoms with van der Waals surface area (Å²) in [5.74, 6) is 0.0817. The van der Waals surface area contributed by atoms with Crippen LogP contribution in [0, 0.1) is 0 Å². The van der Waals surface area contributed by atoms with Gasteiger partial charge >= 0.3 is 0 Å². The minimum Gasteiger partial charge on any atom is -0.373 e. The average molecular weight is 262 g/mol. The summed E-state index contributed by atoms with van der Waals surface area (Å²) in [6, 6.07) is 10.3. The smallest absolute Gasteiger partial charge is 0.224 e. The normalized spacial score (nSPS) is 17.2. The monoisotopic (exact) mass is 262 g/mol. The number of hydrogen-bond acceptors (Lipinski definition) is 3. The molecule has 2 rings (SSSR count). The lowest BCUT2D eigenvalue weighted by molar-refractivity contribution is -0.136. The number of rotatable bonds is 6. The highest BCUT2D eigenvalue weighted by molar-refractivity contribution is 5.78. The molecule has 1 saturated heterocycles. The third-order valence-corrected chi connectivity index (χ3v) is 3.53. The molecule has 1 aliphatic heterocycles. The number of nitrogens with zero attached hydrogens (tertiary/aromatic N) is 2. The molecule has 1 aromatic carbocycles. The van der Waals surface area contributed by atoms with Crippen molar-refractivity contribution in [1.29, 1.82) is 0 Å². The molecule has 104 valence electrons. The fourth-order valence-corrected chi connectivity index (χ4v) is 2.45. The summed E-state index contributed by atoms with van der Waals surface area (Å²) in [7, 11) is 2.03. The van der Waals surface area contributed by atoms with Crippen LogP contribution in [0.15, 0.2) is 30.3 Å². The van der Waals surface area contributed by atoms with E-state index in [0.717, 1.165) is 19.5 Å². The van der Waals surface area contributed by atoms with Gasteiger partial charge in [0.1, 0.15) is 6.23 Å². The summed E-state index contributed by atoms with van der Waals surface area (Å²) in [5, 5.41) is 10.0. The van der Waals surface area contributed by atoms with Crippen LogP contribution in [0.1, 0.15) is 24.8 Å². The lowest BCUT2D eigenvalue weighted by Crippen LogP contribution is -2.38. The van der Waals surface area contributed by atoms with E-state index in [-0.39, 0.29) is 5.91 Å². The van der Waals surface area contributed by atoms with E-state index in [4.69, 9.17) is 0 Å². The van der Waals surface area contributed by atoms with Gasteiger partial charge in [-0.3, -0.25) is 4.79 Å². The van der Waals surface area contributed by atoms with Gasteiger partial charge in [0.05, 0.1) is 0 Å². The molecule has 0 bridgehead atoms. The molecule has 1 fully saturated rings. The Balaban J connectivity index is 1.74. The molecule has 0 radical (unpaired) electrons. The maximum atomic E-state index is 11.5. The lowest BCUT2D eigenvalue weighted by Gasteiger charge is -2.25. The van der Waals surface area contributed by atoms with Crippen molar-refractivity contribution in [1.82, 2.24) is 9.80 Å². The van der Waals surface area contributed by atoms with E-state index >= 15 is 0 Å². The largest absolute Gasteiger partial charge is 0.373 e. The number of carbonyl (C=O) groups is 1.